The first-order chi connectivity index (χ1) is 9.74. The molecule has 2 aromatic carbocycles. The van der Waals surface area contributed by atoms with Crippen LogP contribution < -0.4 is 5.32 Å². The van der Waals surface area contributed by atoms with E-state index in [1.54, 1.807) is 23.5 Å². The van der Waals surface area contributed by atoms with Crippen molar-refractivity contribution in [2.75, 3.05) is 5.32 Å². The molecule has 0 unspecified atom stereocenters. The van der Waals surface area contributed by atoms with Gasteiger partial charge in [-0.25, -0.2) is 0 Å². The number of benzene rings is 2. The lowest BCUT2D eigenvalue weighted by molar-refractivity contribution is -0.115. The minimum absolute atomic E-state index is 0.0563. The summed E-state index contributed by atoms with van der Waals surface area (Å²) in [5.41, 5.74) is 1.73. The number of aromatic hydroxyl groups is 1. The minimum Gasteiger partial charge on any atom is -0.507 e. The average molecular weight is 283 g/mol. The van der Waals surface area contributed by atoms with Crippen molar-refractivity contribution in [3.63, 3.8) is 0 Å². The summed E-state index contributed by atoms with van der Waals surface area (Å²) in [6.45, 7) is 0. The van der Waals surface area contributed by atoms with Crippen LogP contribution in [0.15, 0.2) is 53.2 Å². The predicted octanol–water partition coefficient (Wildman–Crippen LogP) is 3.79. The quantitative estimate of drug-likeness (QED) is 0.718. The molecule has 100 valence electrons. The fraction of sp³-hybridized carbons (Fsp3) is 0.0625. The number of anilines is 1. The Kier molecular flexibility index (Phi) is 3.39. The molecule has 1 aromatic heterocycles. The normalized spacial score (nSPS) is 10.6. The van der Waals surface area contributed by atoms with Crippen LogP contribution in [0.3, 0.4) is 0 Å². The Balaban J connectivity index is 1.87. The molecule has 0 aliphatic carbocycles. The first-order valence-electron chi connectivity index (χ1n) is 6.25. The summed E-state index contributed by atoms with van der Waals surface area (Å²) >= 11 is 1.58. The van der Waals surface area contributed by atoms with E-state index in [9.17, 15) is 9.90 Å². The molecule has 0 fully saturated rings. The van der Waals surface area contributed by atoms with Gasteiger partial charge in [0.05, 0.1) is 6.42 Å². The molecular weight excluding hydrogens is 270 g/mol. The number of carbonyl (C=O) groups is 1. The highest BCUT2D eigenvalue weighted by atomic mass is 32.1. The van der Waals surface area contributed by atoms with Crippen molar-refractivity contribution < 1.29 is 9.90 Å². The second-order valence-corrected chi connectivity index (χ2v) is 5.31. The number of hydrogen-bond donors (Lipinski definition) is 2. The second-order valence-electron chi connectivity index (χ2n) is 4.53. The van der Waals surface area contributed by atoms with Crippen molar-refractivity contribution in [2.45, 2.75) is 6.42 Å². The van der Waals surface area contributed by atoms with Crippen LogP contribution in [0, 0.1) is 0 Å². The number of nitrogens with one attached hydrogen (secondary N) is 1. The molecule has 1 amide bonds. The molecule has 3 aromatic rings. The van der Waals surface area contributed by atoms with Gasteiger partial charge in [0.25, 0.3) is 0 Å². The van der Waals surface area contributed by atoms with Gasteiger partial charge in [-0.1, -0.05) is 24.3 Å². The summed E-state index contributed by atoms with van der Waals surface area (Å²) in [5, 5.41) is 18.2. The number of phenols is 1. The third-order valence-electron chi connectivity index (χ3n) is 3.12. The highest BCUT2D eigenvalue weighted by Crippen LogP contribution is 2.30. The summed E-state index contributed by atoms with van der Waals surface area (Å²) in [4.78, 5) is 12.0. The van der Waals surface area contributed by atoms with Crippen LogP contribution in [-0.2, 0) is 11.2 Å². The summed E-state index contributed by atoms with van der Waals surface area (Å²) in [5.74, 6) is 0.163. The molecule has 1 heterocycles. The number of fused-ring (bicyclic) bond motifs is 1. The van der Waals surface area contributed by atoms with E-state index in [-0.39, 0.29) is 11.7 Å². The van der Waals surface area contributed by atoms with E-state index in [0.717, 1.165) is 22.0 Å². The average Bonchev–Trinajstić information content (AvgIpc) is 2.95. The zero-order chi connectivity index (χ0) is 13.9. The SMILES string of the molecule is O=C(Cc1ccsc1)Nc1ccc(O)c2ccccc12. The van der Waals surface area contributed by atoms with Crippen LogP contribution in [-0.4, -0.2) is 11.0 Å². The molecule has 4 heteroatoms. The van der Waals surface area contributed by atoms with E-state index in [4.69, 9.17) is 0 Å². The lowest BCUT2D eigenvalue weighted by Crippen LogP contribution is -2.14. The zero-order valence-electron chi connectivity index (χ0n) is 10.7. The van der Waals surface area contributed by atoms with Crippen molar-refractivity contribution in [3.05, 3.63) is 58.8 Å². The van der Waals surface area contributed by atoms with Crippen LogP contribution in [0.25, 0.3) is 10.8 Å². The summed E-state index contributed by atoms with van der Waals surface area (Å²) < 4.78 is 0. The second kappa shape index (κ2) is 5.35. The van der Waals surface area contributed by atoms with Crippen LogP contribution in [0.5, 0.6) is 5.75 Å². The van der Waals surface area contributed by atoms with Gasteiger partial charge in [-0.3, -0.25) is 4.79 Å². The molecule has 0 saturated carbocycles. The van der Waals surface area contributed by atoms with Crippen LogP contribution in [0.4, 0.5) is 5.69 Å². The van der Waals surface area contributed by atoms with Crippen LogP contribution in [0.2, 0.25) is 0 Å². The van der Waals surface area contributed by atoms with Gasteiger partial charge in [0.2, 0.25) is 5.91 Å². The molecule has 3 rings (SSSR count). The summed E-state index contributed by atoms with van der Waals surface area (Å²) in [6.07, 6.45) is 0.360. The first kappa shape index (κ1) is 12.7. The highest BCUT2D eigenvalue weighted by Gasteiger charge is 2.09. The van der Waals surface area contributed by atoms with E-state index in [1.165, 1.54) is 0 Å². The van der Waals surface area contributed by atoms with Crippen molar-refractivity contribution >= 4 is 33.7 Å². The number of carbonyl (C=O) groups excluding carboxylic acids is 1. The Labute approximate surface area is 120 Å². The Morgan fingerprint density at radius 2 is 1.90 bits per heavy atom. The Hall–Kier alpha value is -2.33. The van der Waals surface area contributed by atoms with Gasteiger partial charge in [0, 0.05) is 16.5 Å². The molecule has 0 spiro atoms. The van der Waals surface area contributed by atoms with Crippen LogP contribution in [0.1, 0.15) is 5.56 Å². The monoisotopic (exact) mass is 283 g/mol. The van der Waals surface area contributed by atoms with E-state index < -0.39 is 0 Å². The number of thiophene rings is 1. The Morgan fingerprint density at radius 1 is 1.10 bits per heavy atom. The van der Waals surface area contributed by atoms with Crippen molar-refractivity contribution in [2.24, 2.45) is 0 Å². The first-order valence-corrected chi connectivity index (χ1v) is 7.20. The van der Waals surface area contributed by atoms with Gasteiger partial charge in [-0.15, -0.1) is 0 Å². The van der Waals surface area contributed by atoms with Gasteiger partial charge >= 0.3 is 0 Å². The lowest BCUT2D eigenvalue weighted by atomic mass is 10.1. The number of amides is 1. The Morgan fingerprint density at radius 3 is 2.65 bits per heavy atom. The Bertz CT molecular complexity index is 750. The van der Waals surface area contributed by atoms with Gasteiger partial charge in [0.1, 0.15) is 5.75 Å². The fourth-order valence-electron chi connectivity index (χ4n) is 2.17. The van der Waals surface area contributed by atoms with E-state index >= 15 is 0 Å². The van der Waals surface area contributed by atoms with E-state index in [0.29, 0.717) is 6.42 Å². The van der Waals surface area contributed by atoms with Gasteiger partial charge in [0.15, 0.2) is 0 Å². The predicted molar refractivity (Wildman–Crippen MR) is 82.3 cm³/mol. The molecule has 2 N–H and O–H groups in total. The molecule has 20 heavy (non-hydrogen) atoms. The standard InChI is InChI=1S/C16H13NO2S/c18-15-6-5-14(12-3-1-2-4-13(12)15)17-16(19)9-11-7-8-20-10-11/h1-8,10,18H,9H2,(H,17,19). The zero-order valence-corrected chi connectivity index (χ0v) is 11.5. The number of phenolic OH excluding ortho intramolecular Hbond substituents is 1. The van der Waals surface area contributed by atoms with Crippen molar-refractivity contribution in [3.8, 4) is 5.75 Å². The molecular formula is C16H13NO2S. The largest absolute Gasteiger partial charge is 0.507 e. The van der Waals surface area contributed by atoms with E-state index in [2.05, 4.69) is 5.32 Å². The van der Waals surface area contributed by atoms with Gasteiger partial charge in [-0.05, 0) is 34.5 Å². The smallest absolute Gasteiger partial charge is 0.228 e. The van der Waals surface area contributed by atoms with Gasteiger partial charge < -0.3 is 10.4 Å². The van der Waals surface area contributed by atoms with Crippen molar-refractivity contribution in [1.29, 1.82) is 0 Å². The molecule has 0 aliphatic heterocycles. The highest BCUT2D eigenvalue weighted by molar-refractivity contribution is 7.08. The maximum Gasteiger partial charge on any atom is 0.228 e. The topological polar surface area (TPSA) is 49.3 Å². The molecule has 0 atom stereocenters. The molecule has 0 bridgehead atoms. The maximum atomic E-state index is 12.0. The third kappa shape index (κ3) is 2.51. The number of rotatable bonds is 3. The number of hydrogen-bond acceptors (Lipinski definition) is 3. The van der Waals surface area contributed by atoms with Crippen LogP contribution >= 0.6 is 11.3 Å². The third-order valence-corrected chi connectivity index (χ3v) is 3.85. The summed E-state index contributed by atoms with van der Waals surface area (Å²) in [7, 11) is 0. The molecule has 3 nitrogen and oxygen atoms in total. The lowest BCUT2D eigenvalue weighted by Gasteiger charge is -2.09. The summed E-state index contributed by atoms with van der Waals surface area (Å²) in [6, 6.07) is 12.7. The maximum absolute atomic E-state index is 12.0. The molecule has 0 radical (unpaired) electrons. The fourth-order valence-corrected chi connectivity index (χ4v) is 2.83. The minimum atomic E-state index is -0.0563. The van der Waals surface area contributed by atoms with Gasteiger partial charge in [-0.2, -0.15) is 11.3 Å². The van der Waals surface area contributed by atoms with E-state index in [1.807, 2.05) is 41.1 Å². The molecule has 0 saturated heterocycles. The van der Waals surface area contributed by atoms with Crippen molar-refractivity contribution in [1.82, 2.24) is 0 Å². The molecule has 0 aliphatic rings.